The summed E-state index contributed by atoms with van der Waals surface area (Å²) in [7, 11) is 0. The molecule has 2 aromatic heterocycles. The molecule has 2 heterocycles. The fourth-order valence-electron chi connectivity index (χ4n) is 3.92. The second-order valence-corrected chi connectivity index (χ2v) is 8.07. The molecule has 190 valence electrons. The molecule has 0 radical (unpaired) electrons. The molecular weight excluding hydrogens is 474 g/mol. The van der Waals surface area contributed by atoms with Crippen LogP contribution in [0.4, 0.5) is 10.5 Å². The predicted octanol–water partition coefficient (Wildman–Crippen LogP) is 5.03. The molecule has 0 aliphatic rings. The maximum atomic E-state index is 13.6. The number of anilines is 1. The van der Waals surface area contributed by atoms with Crippen molar-refractivity contribution in [3.05, 3.63) is 83.3 Å². The van der Waals surface area contributed by atoms with Crippen LogP contribution >= 0.6 is 0 Å². The van der Waals surface area contributed by atoms with E-state index in [0.717, 1.165) is 0 Å². The molecule has 0 aliphatic heterocycles. The van der Waals surface area contributed by atoms with Gasteiger partial charge in [0.2, 0.25) is 0 Å². The van der Waals surface area contributed by atoms with Crippen molar-refractivity contribution >= 4 is 28.8 Å². The van der Waals surface area contributed by atoms with Gasteiger partial charge in [0.15, 0.2) is 0 Å². The number of nitrogens with zero attached hydrogens (tertiary/aromatic N) is 2. The van der Waals surface area contributed by atoms with Crippen LogP contribution in [0.2, 0.25) is 0 Å². The van der Waals surface area contributed by atoms with Gasteiger partial charge in [-0.15, -0.1) is 0 Å². The molecule has 0 saturated heterocycles. The summed E-state index contributed by atoms with van der Waals surface area (Å²) >= 11 is 0. The molecule has 0 bridgehead atoms. The number of ether oxygens (including phenoxy) is 3. The topological polar surface area (TPSA) is 109 Å². The van der Waals surface area contributed by atoms with Crippen LogP contribution in [-0.2, 0) is 16.1 Å². The van der Waals surface area contributed by atoms with E-state index in [2.05, 4.69) is 10.3 Å². The molecule has 9 heteroatoms. The monoisotopic (exact) mass is 501 g/mol. The van der Waals surface area contributed by atoms with Gasteiger partial charge in [0, 0.05) is 37.0 Å². The molecule has 1 N–H and O–H groups in total. The van der Waals surface area contributed by atoms with Crippen molar-refractivity contribution in [1.29, 1.82) is 0 Å². The van der Waals surface area contributed by atoms with Crippen molar-refractivity contribution in [2.24, 2.45) is 0 Å². The molecule has 4 rings (SSSR count). The molecule has 0 atom stereocenters. The first-order chi connectivity index (χ1) is 18.0. The highest BCUT2D eigenvalue weighted by molar-refractivity contribution is 6.03. The Morgan fingerprint density at radius 2 is 1.76 bits per heavy atom. The number of nitrogens with one attached hydrogen (secondary N) is 1. The summed E-state index contributed by atoms with van der Waals surface area (Å²) in [5.74, 6) is 0.578. The maximum absolute atomic E-state index is 13.6. The van der Waals surface area contributed by atoms with Crippen molar-refractivity contribution in [2.45, 2.75) is 26.8 Å². The number of hydrogen-bond acceptors (Lipinski definition) is 7. The fraction of sp³-hybridized carbons (Fsp3) is 0.214. The van der Waals surface area contributed by atoms with Gasteiger partial charge in [-0.05, 0) is 48.9 Å². The molecule has 37 heavy (non-hydrogen) atoms. The highest BCUT2D eigenvalue weighted by Crippen LogP contribution is 2.34. The lowest BCUT2D eigenvalue weighted by atomic mass is 10.00. The largest absolute Gasteiger partial charge is 0.493 e. The summed E-state index contributed by atoms with van der Waals surface area (Å²) in [6.45, 7) is 4.16. The number of carbonyl (C=O) groups excluding carboxylic acids is 2. The Balaban J connectivity index is 1.72. The first-order valence-electron chi connectivity index (χ1n) is 11.9. The van der Waals surface area contributed by atoms with E-state index < -0.39 is 11.7 Å². The zero-order chi connectivity index (χ0) is 26.2. The third-order valence-corrected chi connectivity index (χ3v) is 5.50. The van der Waals surface area contributed by atoms with Crippen molar-refractivity contribution in [3.8, 4) is 22.6 Å². The molecule has 0 aliphatic carbocycles. The Kier molecular flexibility index (Phi) is 8.15. The van der Waals surface area contributed by atoms with Gasteiger partial charge in [-0.25, -0.2) is 9.78 Å². The Labute approximate surface area is 213 Å². The first-order valence-corrected chi connectivity index (χ1v) is 11.9. The van der Waals surface area contributed by atoms with Crippen LogP contribution < -0.4 is 20.3 Å². The van der Waals surface area contributed by atoms with Gasteiger partial charge in [0.25, 0.3) is 5.56 Å². The summed E-state index contributed by atoms with van der Waals surface area (Å²) in [6.07, 6.45) is 1.37. The van der Waals surface area contributed by atoms with Crippen LogP contribution in [0, 0.1) is 0 Å². The zero-order valence-electron chi connectivity index (χ0n) is 20.6. The Morgan fingerprint density at radius 1 is 0.973 bits per heavy atom. The summed E-state index contributed by atoms with van der Waals surface area (Å²) in [5, 5.41) is 3.36. The Morgan fingerprint density at radius 3 is 2.51 bits per heavy atom. The molecule has 4 aromatic rings. The molecule has 0 fully saturated rings. The minimum atomic E-state index is -0.784. The number of para-hydroxylation sites is 1. The molecule has 0 spiro atoms. The quantitative estimate of drug-likeness (QED) is 0.253. The third kappa shape index (κ3) is 6.13. The molecule has 9 nitrogen and oxygen atoms in total. The second kappa shape index (κ2) is 11.9. The zero-order valence-corrected chi connectivity index (χ0v) is 20.6. The third-order valence-electron chi connectivity index (χ3n) is 5.50. The number of aryl methyl sites for hydroxylation is 1. The average Bonchev–Trinajstić information content (AvgIpc) is 2.89. The number of rotatable bonds is 9. The van der Waals surface area contributed by atoms with E-state index in [0.29, 0.717) is 53.2 Å². The van der Waals surface area contributed by atoms with Crippen LogP contribution in [0.1, 0.15) is 20.3 Å². The number of aromatic nitrogens is 2. The summed E-state index contributed by atoms with van der Waals surface area (Å²) < 4.78 is 17.7. The number of amides is 1. The van der Waals surface area contributed by atoms with Gasteiger partial charge in [-0.2, -0.15) is 0 Å². The summed E-state index contributed by atoms with van der Waals surface area (Å²) in [4.78, 5) is 41.7. The van der Waals surface area contributed by atoms with Crippen molar-refractivity contribution in [1.82, 2.24) is 9.55 Å². The first kappa shape index (κ1) is 25.4. The van der Waals surface area contributed by atoms with Crippen LogP contribution in [0.5, 0.6) is 11.5 Å². The highest BCUT2D eigenvalue weighted by atomic mass is 16.6. The number of pyridine rings is 2. The lowest BCUT2D eigenvalue weighted by Gasteiger charge is -2.18. The summed E-state index contributed by atoms with van der Waals surface area (Å²) in [5.41, 5.74) is 1.34. The lowest BCUT2D eigenvalue weighted by molar-refractivity contribution is -0.141. The fourth-order valence-corrected chi connectivity index (χ4v) is 3.92. The lowest BCUT2D eigenvalue weighted by Crippen LogP contribution is -2.28. The average molecular weight is 502 g/mol. The van der Waals surface area contributed by atoms with Gasteiger partial charge in [-0.3, -0.25) is 19.5 Å². The smallest absolute Gasteiger partial charge is 0.417 e. The number of fused-ring (bicyclic) bond motifs is 1. The van der Waals surface area contributed by atoms with Gasteiger partial charge in [0.05, 0.1) is 13.2 Å². The van der Waals surface area contributed by atoms with Gasteiger partial charge in [0.1, 0.15) is 22.8 Å². The summed E-state index contributed by atoms with van der Waals surface area (Å²) in [6, 6.07) is 19.4. The van der Waals surface area contributed by atoms with Crippen molar-refractivity contribution < 1.29 is 23.8 Å². The van der Waals surface area contributed by atoms with Gasteiger partial charge >= 0.3 is 12.1 Å². The van der Waals surface area contributed by atoms with Gasteiger partial charge in [-0.1, -0.05) is 30.3 Å². The number of carbonyl (C=O) groups is 2. The number of benzene rings is 2. The van der Waals surface area contributed by atoms with Crippen LogP contribution in [0.3, 0.4) is 0 Å². The van der Waals surface area contributed by atoms with Crippen molar-refractivity contribution in [2.75, 3.05) is 18.5 Å². The van der Waals surface area contributed by atoms with Crippen molar-refractivity contribution in [3.63, 3.8) is 0 Å². The minimum absolute atomic E-state index is 0.0790. The van der Waals surface area contributed by atoms with E-state index in [1.165, 1.54) is 11.5 Å². The van der Waals surface area contributed by atoms with Gasteiger partial charge < -0.3 is 14.2 Å². The standard InChI is InChI=1S/C28H27N3O6/c1-3-31-26-23(14-8-15-29-26)24(20-10-7-13-22(18-20)36-17-9-16-35-19(2)32)25(27(31)33)30-28(34)37-21-11-5-4-6-12-21/h4-8,10-15,18H,3,9,16-17H2,1-2H3,(H,30,34). The molecule has 1 amide bonds. The number of esters is 1. The highest BCUT2D eigenvalue weighted by Gasteiger charge is 2.21. The van der Waals surface area contributed by atoms with E-state index >= 15 is 0 Å². The Hall–Kier alpha value is -4.66. The van der Waals surface area contributed by atoms with Crippen LogP contribution in [-0.4, -0.2) is 34.8 Å². The predicted molar refractivity (Wildman–Crippen MR) is 140 cm³/mol. The second-order valence-electron chi connectivity index (χ2n) is 8.07. The van der Waals surface area contributed by atoms with E-state index in [-0.39, 0.29) is 18.3 Å². The van der Waals surface area contributed by atoms with E-state index in [4.69, 9.17) is 14.2 Å². The Bertz CT molecular complexity index is 1470. The van der Waals surface area contributed by atoms with E-state index in [1.54, 1.807) is 54.7 Å². The maximum Gasteiger partial charge on any atom is 0.417 e. The van der Waals surface area contributed by atoms with Crippen LogP contribution in [0.25, 0.3) is 22.2 Å². The molecule has 2 aromatic carbocycles. The molecule has 0 unspecified atom stereocenters. The normalized spacial score (nSPS) is 10.6. The SMILES string of the molecule is CCn1c(=O)c(NC(=O)Oc2ccccc2)c(-c2cccc(OCCCOC(C)=O)c2)c2cccnc21. The van der Waals surface area contributed by atoms with E-state index in [1.807, 2.05) is 25.1 Å². The minimum Gasteiger partial charge on any atom is -0.493 e. The number of hydrogen-bond donors (Lipinski definition) is 1. The molecule has 0 saturated carbocycles. The molecular formula is C28H27N3O6. The van der Waals surface area contributed by atoms with E-state index in [9.17, 15) is 14.4 Å². The van der Waals surface area contributed by atoms with Crippen LogP contribution in [0.15, 0.2) is 77.7 Å².